The normalized spacial score (nSPS) is 11.9. The van der Waals surface area contributed by atoms with Gasteiger partial charge in [0.15, 0.2) is 0 Å². The lowest BCUT2D eigenvalue weighted by Gasteiger charge is -2.09. The van der Waals surface area contributed by atoms with Crippen LogP contribution in [-0.4, -0.2) is 23.0 Å². The summed E-state index contributed by atoms with van der Waals surface area (Å²) < 4.78 is 0. The van der Waals surface area contributed by atoms with Crippen molar-refractivity contribution in [2.24, 2.45) is 0 Å². The maximum absolute atomic E-state index is 11.5. The first kappa shape index (κ1) is 13.8. The first-order chi connectivity index (χ1) is 7.90. The molecule has 1 amide bonds. The number of amides is 1. The molecule has 0 unspecified atom stereocenters. The lowest BCUT2D eigenvalue weighted by Crippen LogP contribution is -2.39. The maximum Gasteiger partial charge on any atom is 0.325 e. The number of rotatable bonds is 4. The van der Waals surface area contributed by atoms with E-state index in [0.717, 1.165) is 0 Å². The highest BCUT2D eigenvalue weighted by Crippen LogP contribution is 2.22. The Morgan fingerprint density at radius 3 is 2.53 bits per heavy atom. The van der Waals surface area contributed by atoms with E-state index in [1.54, 1.807) is 18.2 Å². The number of carboxylic acid groups (broad SMARTS) is 1. The summed E-state index contributed by atoms with van der Waals surface area (Å²) >= 11 is 11.5. The molecule has 0 saturated heterocycles. The van der Waals surface area contributed by atoms with Crippen molar-refractivity contribution in [1.82, 2.24) is 5.32 Å². The molecule has 4 nitrogen and oxygen atoms in total. The number of aliphatic carboxylic acids is 1. The quantitative estimate of drug-likeness (QED) is 0.885. The van der Waals surface area contributed by atoms with Gasteiger partial charge < -0.3 is 10.4 Å². The molecule has 92 valence electrons. The van der Waals surface area contributed by atoms with Gasteiger partial charge in [-0.25, -0.2) is 0 Å². The van der Waals surface area contributed by atoms with Crippen LogP contribution in [0.3, 0.4) is 0 Å². The van der Waals surface area contributed by atoms with Gasteiger partial charge in [-0.3, -0.25) is 9.59 Å². The average Bonchev–Trinajstić information content (AvgIpc) is 2.23. The molecule has 17 heavy (non-hydrogen) atoms. The van der Waals surface area contributed by atoms with Gasteiger partial charge >= 0.3 is 5.97 Å². The summed E-state index contributed by atoms with van der Waals surface area (Å²) in [5.74, 6) is -1.45. The van der Waals surface area contributed by atoms with Crippen molar-refractivity contribution in [2.45, 2.75) is 19.4 Å². The fourth-order valence-corrected chi connectivity index (χ4v) is 1.51. The molecule has 1 aromatic rings. The maximum atomic E-state index is 11.5. The van der Waals surface area contributed by atoms with Gasteiger partial charge in [0.2, 0.25) is 5.91 Å². The topological polar surface area (TPSA) is 66.4 Å². The third-order valence-electron chi connectivity index (χ3n) is 2.10. The number of benzene rings is 1. The van der Waals surface area contributed by atoms with E-state index in [9.17, 15) is 9.59 Å². The van der Waals surface area contributed by atoms with E-state index >= 15 is 0 Å². The summed E-state index contributed by atoms with van der Waals surface area (Å²) in [6, 6.07) is 3.92. The van der Waals surface area contributed by atoms with Gasteiger partial charge in [0.05, 0.1) is 16.5 Å². The van der Waals surface area contributed by atoms with Crippen LogP contribution in [0.15, 0.2) is 18.2 Å². The molecule has 1 atom stereocenters. The molecule has 0 aliphatic carbocycles. The molecule has 0 fully saturated rings. The second-order valence-electron chi connectivity index (χ2n) is 3.55. The fourth-order valence-electron chi connectivity index (χ4n) is 1.19. The SMILES string of the molecule is C[C@@H](NC(=O)Cc1ccc(Cl)c(Cl)c1)C(=O)O. The van der Waals surface area contributed by atoms with Crippen LogP contribution < -0.4 is 5.32 Å². The first-order valence-corrected chi connectivity index (χ1v) is 5.62. The minimum Gasteiger partial charge on any atom is -0.480 e. The summed E-state index contributed by atoms with van der Waals surface area (Å²) in [5.41, 5.74) is 0.675. The van der Waals surface area contributed by atoms with E-state index in [1.807, 2.05) is 0 Å². The minimum atomic E-state index is -1.08. The molecular weight excluding hydrogens is 265 g/mol. The van der Waals surface area contributed by atoms with Crippen molar-refractivity contribution in [3.63, 3.8) is 0 Å². The molecule has 6 heteroatoms. The van der Waals surface area contributed by atoms with Crippen LogP contribution in [0.25, 0.3) is 0 Å². The van der Waals surface area contributed by atoms with Crippen molar-refractivity contribution >= 4 is 35.1 Å². The van der Waals surface area contributed by atoms with Crippen LogP contribution in [0.5, 0.6) is 0 Å². The third-order valence-corrected chi connectivity index (χ3v) is 2.84. The second-order valence-corrected chi connectivity index (χ2v) is 4.37. The number of carbonyl (C=O) groups is 2. The molecule has 0 aliphatic heterocycles. The van der Waals surface area contributed by atoms with Gasteiger partial charge in [0, 0.05) is 0 Å². The van der Waals surface area contributed by atoms with Crippen molar-refractivity contribution < 1.29 is 14.7 Å². The first-order valence-electron chi connectivity index (χ1n) is 4.86. The number of hydrogen-bond donors (Lipinski definition) is 2. The van der Waals surface area contributed by atoms with Crippen LogP contribution in [0.4, 0.5) is 0 Å². The molecule has 0 aromatic heterocycles. The molecule has 2 N–H and O–H groups in total. The molecule has 1 aromatic carbocycles. The Bertz CT molecular complexity index is 448. The van der Waals surface area contributed by atoms with E-state index in [4.69, 9.17) is 28.3 Å². The number of nitrogens with one attached hydrogen (secondary N) is 1. The monoisotopic (exact) mass is 275 g/mol. The van der Waals surface area contributed by atoms with Gasteiger partial charge in [-0.1, -0.05) is 29.3 Å². The largest absolute Gasteiger partial charge is 0.480 e. The van der Waals surface area contributed by atoms with E-state index in [1.165, 1.54) is 6.92 Å². The Morgan fingerprint density at radius 1 is 1.35 bits per heavy atom. The summed E-state index contributed by atoms with van der Waals surface area (Å²) in [5, 5.41) is 11.7. The number of carboxylic acids is 1. The predicted molar refractivity (Wildman–Crippen MR) is 65.4 cm³/mol. The van der Waals surface area contributed by atoms with Crippen LogP contribution in [0, 0.1) is 0 Å². The van der Waals surface area contributed by atoms with E-state index in [0.29, 0.717) is 15.6 Å². The summed E-state index contributed by atoms with van der Waals surface area (Å²) in [4.78, 5) is 22.0. The molecule has 0 radical (unpaired) electrons. The summed E-state index contributed by atoms with van der Waals surface area (Å²) in [6.07, 6.45) is 0.0640. The average molecular weight is 276 g/mol. The van der Waals surface area contributed by atoms with Crippen molar-refractivity contribution in [1.29, 1.82) is 0 Å². The summed E-state index contributed by atoms with van der Waals surface area (Å²) in [7, 11) is 0. The van der Waals surface area contributed by atoms with Gasteiger partial charge in [-0.2, -0.15) is 0 Å². The Labute approximate surface area is 109 Å². The zero-order valence-corrected chi connectivity index (χ0v) is 10.5. The fraction of sp³-hybridized carbons (Fsp3) is 0.273. The Balaban J connectivity index is 2.62. The van der Waals surface area contributed by atoms with E-state index in [-0.39, 0.29) is 12.3 Å². The number of hydrogen-bond acceptors (Lipinski definition) is 2. The van der Waals surface area contributed by atoms with Crippen LogP contribution in [0.1, 0.15) is 12.5 Å². The zero-order chi connectivity index (χ0) is 13.0. The van der Waals surface area contributed by atoms with Crippen molar-refractivity contribution in [3.8, 4) is 0 Å². The Kier molecular flexibility index (Phi) is 4.78. The zero-order valence-electron chi connectivity index (χ0n) is 9.04. The highest BCUT2D eigenvalue weighted by molar-refractivity contribution is 6.42. The molecule has 0 aliphatic rings. The molecule has 0 saturated carbocycles. The van der Waals surface area contributed by atoms with Crippen molar-refractivity contribution in [3.05, 3.63) is 33.8 Å². The van der Waals surface area contributed by atoms with Crippen LogP contribution >= 0.6 is 23.2 Å². The lowest BCUT2D eigenvalue weighted by molar-refractivity contribution is -0.141. The molecule has 0 spiro atoms. The standard InChI is InChI=1S/C11H11Cl2NO3/c1-6(11(16)17)14-10(15)5-7-2-3-8(12)9(13)4-7/h2-4,6H,5H2,1H3,(H,14,15)(H,16,17)/t6-/m1/s1. The summed E-state index contributed by atoms with van der Waals surface area (Å²) in [6.45, 7) is 1.40. The highest BCUT2D eigenvalue weighted by atomic mass is 35.5. The molecule has 0 heterocycles. The molecule has 0 bridgehead atoms. The van der Waals surface area contributed by atoms with Gasteiger partial charge in [0.25, 0.3) is 0 Å². The van der Waals surface area contributed by atoms with Crippen LogP contribution in [0.2, 0.25) is 10.0 Å². The second kappa shape index (κ2) is 5.89. The Hall–Kier alpha value is -1.26. The number of halogens is 2. The van der Waals surface area contributed by atoms with E-state index < -0.39 is 12.0 Å². The van der Waals surface area contributed by atoms with Gasteiger partial charge in [-0.15, -0.1) is 0 Å². The smallest absolute Gasteiger partial charge is 0.325 e. The Morgan fingerprint density at radius 2 is 2.00 bits per heavy atom. The van der Waals surface area contributed by atoms with Gasteiger partial charge in [-0.05, 0) is 24.6 Å². The van der Waals surface area contributed by atoms with Gasteiger partial charge in [0.1, 0.15) is 6.04 Å². The molecular formula is C11H11Cl2NO3. The highest BCUT2D eigenvalue weighted by Gasteiger charge is 2.14. The third kappa shape index (κ3) is 4.24. The van der Waals surface area contributed by atoms with Crippen LogP contribution in [-0.2, 0) is 16.0 Å². The minimum absolute atomic E-state index is 0.0640. The number of carbonyl (C=O) groups excluding carboxylic acids is 1. The van der Waals surface area contributed by atoms with Crippen molar-refractivity contribution in [2.75, 3.05) is 0 Å². The predicted octanol–water partition coefficient (Wildman–Crippen LogP) is 2.13. The molecule has 1 rings (SSSR count). The van der Waals surface area contributed by atoms with E-state index in [2.05, 4.69) is 5.32 Å². The lowest BCUT2D eigenvalue weighted by atomic mass is 10.1.